The van der Waals surface area contributed by atoms with Crippen LogP contribution in [0.4, 0.5) is 10.5 Å². The summed E-state index contributed by atoms with van der Waals surface area (Å²) in [5.74, 6) is -0.593. The molecule has 25 heavy (non-hydrogen) atoms. The van der Waals surface area contributed by atoms with Gasteiger partial charge in [-0.2, -0.15) is 0 Å². The molecule has 7 heteroatoms. The molecular weight excluding hydrogens is 326 g/mol. The number of carbonyl (C=O) groups excluding carboxylic acids is 1. The van der Waals surface area contributed by atoms with E-state index in [-0.39, 0.29) is 12.4 Å². The Balaban J connectivity index is 3.04. The first-order valence-electron chi connectivity index (χ1n) is 7.88. The monoisotopic (exact) mass is 351 g/mol. The van der Waals surface area contributed by atoms with Crippen molar-refractivity contribution in [2.45, 2.75) is 40.2 Å². The Bertz CT molecular complexity index is 645. The van der Waals surface area contributed by atoms with Gasteiger partial charge in [0.1, 0.15) is 11.4 Å². The summed E-state index contributed by atoms with van der Waals surface area (Å²) in [4.78, 5) is 22.9. The van der Waals surface area contributed by atoms with E-state index in [0.717, 1.165) is 0 Å². The number of nitrogens with one attached hydrogen (secondary N) is 1. The van der Waals surface area contributed by atoms with Crippen LogP contribution in [0.3, 0.4) is 0 Å². The van der Waals surface area contributed by atoms with E-state index >= 15 is 0 Å². The van der Waals surface area contributed by atoms with Crippen LogP contribution in [0.15, 0.2) is 23.8 Å². The van der Waals surface area contributed by atoms with Crippen LogP contribution >= 0.6 is 0 Å². The Hall–Kier alpha value is -2.54. The maximum absolute atomic E-state index is 11.9. The van der Waals surface area contributed by atoms with Crippen molar-refractivity contribution in [2.75, 3.05) is 18.7 Å². The first-order valence-corrected chi connectivity index (χ1v) is 7.88. The highest BCUT2D eigenvalue weighted by Gasteiger charge is 2.16. The number of carbonyl (C=O) groups is 2. The third kappa shape index (κ3) is 7.71. The molecule has 0 heterocycles. The number of amides is 1. The average Bonchev–Trinajstić information content (AvgIpc) is 2.47. The van der Waals surface area contributed by atoms with Crippen LogP contribution in [0.1, 0.15) is 40.2 Å². The molecule has 1 rings (SSSR count). The summed E-state index contributed by atoms with van der Waals surface area (Å²) < 4.78 is 15.8. The Morgan fingerprint density at radius 3 is 2.52 bits per heavy atom. The number of carboxylic acid groups (broad SMARTS) is 1. The second kappa shape index (κ2) is 9.08. The maximum atomic E-state index is 11.9. The second-order valence-corrected chi connectivity index (χ2v) is 6.27. The van der Waals surface area contributed by atoms with E-state index in [0.29, 0.717) is 23.6 Å². The van der Waals surface area contributed by atoms with Gasteiger partial charge < -0.3 is 19.3 Å². The maximum Gasteiger partial charge on any atom is 0.412 e. The van der Waals surface area contributed by atoms with Gasteiger partial charge in [0, 0.05) is 23.4 Å². The fraction of sp³-hybridized carbons (Fsp3) is 0.444. The van der Waals surface area contributed by atoms with Gasteiger partial charge in [-0.05, 0) is 58.9 Å². The predicted octanol–water partition coefficient (Wildman–Crippen LogP) is 3.89. The lowest BCUT2D eigenvalue weighted by molar-refractivity contribution is -0.132. The summed E-state index contributed by atoms with van der Waals surface area (Å²) in [7, 11) is 0. The molecular formula is C18H25NO6. The number of hydrogen-bond donors (Lipinski definition) is 2. The van der Waals surface area contributed by atoms with Crippen molar-refractivity contribution in [2.24, 2.45) is 0 Å². The number of carboxylic acids is 1. The van der Waals surface area contributed by atoms with Gasteiger partial charge in [-0.3, -0.25) is 5.32 Å². The summed E-state index contributed by atoms with van der Waals surface area (Å²) in [6.07, 6.45) is 0.865. The minimum Gasteiger partial charge on any atom is -0.478 e. The molecule has 0 aliphatic heterocycles. The summed E-state index contributed by atoms with van der Waals surface area (Å²) in [6, 6.07) is 4.88. The van der Waals surface area contributed by atoms with Gasteiger partial charge in [-0.25, -0.2) is 9.59 Å². The number of hydrogen-bond acceptors (Lipinski definition) is 5. The van der Waals surface area contributed by atoms with Gasteiger partial charge in [0.15, 0.2) is 6.79 Å². The second-order valence-electron chi connectivity index (χ2n) is 6.27. The zero-order valence-electron chi connectivity index (χ0n) is 15.2. The molecule has 0 fully saturated rings. The number of aliphatic carboxylic acids is 1. The molecule has 0 bridgehead atoms. The van der Waals surface area contributed by atoms with E-state index in [4.69, 9.17) is 19.3 Å². The third-order valence-electron chi connectivity index (χ3n) is 2.87. The highest BCUT2D eigenvalue weighted by atomic mass is 16.7. The Morgan fingerprint density at radius 1 is 1.28 bits per heavy atom. The molecule has 2 N–H and O–H groups in total. The lowest BCUT2D eigenvalue weighted by Crippen LogP contribution is -2.27. The van der Waals surface area contributed by atoms with Gasteiger partial charge in [-0.15, -0.1) is 0 Å². The van der Waals surface area contributed by atoms with Crippen molar-refractivity contribution in [3.63, 3.8) is 0 Å². The Morgan fingerprint density at radius 2 is 1.96 bits per heavy atom. The average molecular weight is 351 g/mol. The molecule has 0 radical (unpaired) electrons. The SMILES string of the molecule is CCOCOc1ccc(NC(=O)OC(C)(C)C)cc1C=C(C)C(=O)O. The lowest BCUT2D eigenvalue weighted by atomic mass is 10.1. The third-order valence-corrected chi connectivity index (χ3v) is 2.87. The van der Waals surface area contributed by atoms with Crippen LogP contribution < -0.4 is 10.1 Å². The molecule has 1 aromatic carbocycles. The fourth-order valence-corrected chi connectivity index (χ4v) is 1.78. The fourth-order valence-electron chi connectivity index (χ4n) is 1.78. The molecule has 0 aliphatic carbocycles. The van der Waals surface area contributed by atoms with Crippen LogP contribution in [0.5, 0.6) is 5.75 Å². The van der Waals surface area contributed by atoms with Crippen LogP contribution in [0.2, 0.25) is 0 Å². The summed E-state index contributed by atoms with van der Waals surface area (Å²) in [5.41, 5.74) is 0.485. The van der Waals surface area contributed by atoms with Gasteiger partial charge >= 0.3 is 12.1 Å². The zero-order valence-corrected chi connectivity index (χ0v) is 15.2. The minimum absolute atomic E-state index is 0.0439. The molecule has 1 aromatic rings. The first kappa shape index (κ1) is 20.5. The van der Waals surface area contributed by atoms with Crippen LogP contribution in [-0.2, 0) is 14.3 Å². The largest absolute Gasteiger partial charge is 0.478 e. The van der Waals surface area contributed by atoms with Gasteiger partial charge in [-0.1, -0.05) is 0 Å². The van der Waals surface area contributed by atoms with Gasteiger partial charge in [0.25, 0.3) is 0 Å². The van der Waals surface area contributed by atoms with E-state index in [9.17, 15) is 9.59 Å². The van der Waals surface area contributed by atoms with E-state index in [1.165, 1.54) is 13.0 Å². The highest BCUT2D eigenvalue weighted by molar-refractivity contribution is 5.92. The summed E-state index contributed by atoms with van der Waals surface area (Å²) in [5, 5.41) is 11.7. The van der Waals surface area contributed by atoms with E-state index in [2.05, 4.69) is 5.32 Å². The topological polar surface area (TPSA) is 94.1 Å². The zero-order chi connectivity index (χ0) is 19.0. The number of ether oxygens (including phenoxy) is 3. The summed E-state index contributed by atoms with van der Waals surface area (Å²) in [6.45, 7) is 9.15. The van der Waals surface area contributed by atoms with Crippen LogP contribution in [0.25, 0.3) is 6.08 Å². The smallest absolute Gasteiger partial charge is 0.412 e. The van der Waals surface area contributed by atoms with E-state index < -0.39 is 17.7 Å². The molecule has 7 nitrogen and oxygen atoms in total. The molecule has 0 saturated carbocycles. The summed E-state index contributed by atoms with van der Waals surface area (Å²) >= 11 is 0. The molecule has 0 atom stereocenters. The lowest BCUT2D eigenvalue weighted by Gasteiger charge is -2.20. The quantitative estimate of drug-likeness (QED) is 0.440. The van der Waals surface area contributed by atoms with Crippen LogP contribution in [0, 0.1) is 0 Å². The molecule has 0 aliphatic rings. The Labute approximate surface area is 147 Å². The first-order chi connectivity index (χ1) is 11.6. The number of benzene rings is 1. The van der Waals surface area contributed by atoms with Crippen molar-refractivity contribution in [1.29, 1.82) is 0 Å². The predicted molar refractivity (Wildman–Crippen MR) is 94.7 cm³/mol. The normalized spacial score (nSPS) is 11.8. The standard InChI is InChI=1S/C18H25NO6/c1-6-23-11-24-15-8-7-14(19-17(22)25-18(3,4)5)10-13(15)9-12(2)16(20)21/h7-10H,6,11H2,1-5H3,(H,19,22)(H,20,21). The Kier molecular flexibility index (Phi) is 7.44. The molecule has 0 unspecified atom stereocenters. The van der Waals surface area contributed by atoms with Crippen molar-refractivity contribution in [3.8, 4) is 5.75 Å². The highest BCUT2D eigenvalue weighted by Crippen LogP contribution is 2.26. The number of anilines is 1. The molecule has 0 aromatic heterocycles. The van der Waals surface area contributed by atoms with Crippen molar-refractivity contribution in [3.05, 3.63) is 29.3 Å². The van der Waals surface area contributed by atoms with Crippen LogP contribution in [-0.4, -0.2) is 36.2 Å². The number of rotatable bonds is 7. The molecule has 0 spiro atoms. The van der Waals surface area contributed by atoms with Crippen molar-refractivity contribution in [1.82, 2.24) is 0 Å². The molecule has 1 amide bonds. The molecule has 0 saturated heterocycles. The molecule has 138 valence electrons. The van der Waals surface area contributed by atoms with E-state index in [1.807, 2.05) is 6.92 Å². The minimum atomic E-state index is -1.04. The van der Waals surface area contributed by atoms with Crippen molar-refractivity contribution >= 4 is 23.8 Å². The van der Waals surface area contributed by atoms with E-state index in [1.54, 1.807) is 39.0 Å². The van der Waals surface area contributed by atoms with Gasteiger partial charge in [0.05, 0.1) is 0 Å². The van der Waals surface area contributed by atoms with Crippen molar-refractivity contribution < 1.29 is 28.9 Å². The van der Waals surface area contributed by atoms with Gasteiger partial charge in [0.2, 0.25) is 0 Å².